The minimum Gasteiger partial charge on any atom is -0.503 e. The Morgan fingerprint density at radius 1 is 1.16 bits per heavy atom. The molecule has 2 aromatic rings. The number of ether oxygens (including phenoxy) is 1. The number of carbonyl (C=O) groups excluding carboxylic acids is 1. The molecular formula is C20H22N2O3. The van der Waals surface area contributed by atoms with Gasteiger partial charge in [-0.1, -0.05) is 30.3 Å². The molecule has 0 spiro atoms. The fraction of sp³-hybridized carbons (Fsp3) is 0.400. The lowest BCUT2D eigenvalue weighted by atomic mass is 9.81. The third kappa shape index (κ3) is 2.84. The molecule has 1 heterocycles. The largest absolute Gasteiger partial charge is 0.503 e. The monoisotopic (exact) mass is 338 g/mol. The highest BCUT2D eigenvalue weighted by molar-refractivity contribution is 5.95. The third-order valence-electron chi connectivity index (χ3n) is 5.72. The normalized spacial score (nSPS) is 27.2. The number of nitrogens with zero attached hydrogens (tertiary/aromatic N) is 1. The molecule has 5 nitrogen and oxygen atoms in total. The van der Waals surface area contributed by atoms with Crippen molar-refractivity contribution in [3.63, 3.8) is 0 Å². The molecule has 2 saturated carbocycles. The minimum atomic E-state index is -0.329. The molecule has 2 bridgehead atoms. The summed E-state index contributed by atoms with van der Waals surface area (Å²) < 4.78 is 5.05. The number of fused-ring (bicyclic) bond motifs is 2. The van der Waals surface area contributed by atoms with Gasteiger partial charge in [-0.2, -0.15) is 0 Å². The summed E-state index contributed by atoms with van der Waals surface area (Å²) in [4.78, 5) is 16.5. The van der Waals surface area contributed by atoms with Gasteiger partial charge in [0.25, 0.3) is 5.91 Å². The van der Waals surface area contributed by atoms with Crippen LogP contribution in [-0.4, -0.2) is 29.1 Å². The third-order valence-corrected chi connectivity index (χ3v) is 5.72. The number of nitrogens with one attached hydrogen (secondary N) is 1. The van der Waals surface area contributed by atoms with Gasteiger partial charge < -0.3 is 15.2 Å². The average molecular weight is 338 g/mol. The number of pyridine rings is 1. The van der Waals surface area contributed by atoms with Crippen LogP contribution in [0, 0.1) is 11.8 Å². The van der Waals surface area contributed by atoms with E-state index in [2.05, 4.69) is 34.6 Å². The van der Waals surface area contributed by atoms with E-state index in [4.69, 9.17) is 4.74 Å². The Kier molecular flexibility index (Phi) is 4.07. The van der Waals surface area contributed by atoms with Crippen molar-refractivity contribution in [2.45, 2.75) is 31.2 Å². The topological polar surface area (TPSA) is 71.5 Å². The summed E-state index contributed by atoms with van der Waals surface area (Å²) in [5.74, 6) is 1.44. The number of methoxy groups -OCH3 is 1. The average Bonchev–Trinajstić information content (AvgIpc) is 3.23. The molecule has 2 N–H and O–H groups in total. The van der Waals surface area contributed by atoms with Gasteiger partial charge in [-0.05, 0) is 42.6 Å². The van der Waals surface area contributed by atoms with E-state index in [1.165, 1.54) is 24.9 Å². The van der Waals surface area contributed by atoms with E-state index in [0.717, 1.165) is 19.3 Å². The molecule has 1 aromatic heterocycles. The van der Waals surface area contributed by atoms with Crippen LogP contribution < -0.4 is 10.1 Å². The van der Waals surface area contributed by atoms with Gasteiger partial charge in [0.15, 0.2) is 17.2 Å². The van der Waals surface area contributed by atoms with Crippen LogP contribution in [0.3, 0.4) is 0 Å². The number of rotatable bonds is 4. The first-order chi connectivity index (χ1) is 12.2. The molecule has 0 radical (unpaired) electrons. The Morgan fingerprint density at radius 3 is 2.64 bits per heavy atom. The first kappa shape index (κ1) is 15.9. The van der Waals surface area contributed by atoms with Crippen molar-refractivity contribution in [3.8, 4) is 11.5 Å². The summed E-state index contributed by atoms with van der Waals surface area (Å²) in [7, 11) is 1.45. The zero-order chi connectivity index (χ0) is 17.4. The molecule has 4 rings (SSSR count). The molecule has 2 aliphatic rings. The fourth-order valence-corrected chi connectivity index (χ4v) is 4.56. The van der Waals surface area contributed by atoms with Gasteiger partial charge in [-0.15, -0.1) is 0 Å². The SMILES string of the molecule is COc1ccnc(C(=O)NC2CC3CC2CC3c2ccccc2)c1O. The van der Waals surface area contributed by atoms with E-state index in [1.54, 1.807) is 0 Å². The molecule has 130 valence electrons. The van der Waals surface area contributed by atoms with Gasteiger partial charge in [0.05, 0.1) is 7.11 Å². The van der Waals surface area contributed by atoms with E-state index in [0.29, 0.717) is 17.8 Å². The summed E-state index contributed by atoms with van der Waals surface area (Å²) in [6.07, 6.45) is 4.72. The van der Waals surface area contributed by atoms with Gasteiger partial charge in [0.2, 0.25) is 0 Å². The molecule has 1 aromatic carbocycles. The van der Waals surface area contributed by atoms with Crippen LogP contribution in [0.1, 0.15) is 41.2 Å². The molecular weight excluding hydrogens is 316 g/mol. The smallest absolute Gasteiger partial charge is 0.274 e. The van der Waals surface area contributed by atoms with E-state index >= 15 is 0 Å². The Morgan fingerprint density at radius 2 is 1.96 bits per heavy atom. The lowest BCUT2D eigenvalue weighted by molar-refractivity contribution is 0.0912. The highest BCUT2D eigenvalue weighted by Gasteiger charge is 2.46. The summed E-state index contributed by atoms with van der Waals surface area (Å²) >= 11 is 0. The summed E-state index contributed by atoms with van der Waals surface area (Å²) in [5.41, 5.74) is 1.44. The van der Waals surface area contributed by atoms with E-state index in [-0.39, 0.29) is 29.1 Å². The van der Waals surface area contributed by atoms with Crippen LogP contribution in [0.15, 0.2) is 42.6 Å². The van der Waals surface area contributed by atoms with Crippen LogP contribution in [0.25, 0.3) is 0 Å². The van der Waals surface area contributed by atoms with Crippen molar-refractivity contribution in [2.24, 2.45) is 11.8 Å². The highest BCUT2D eigenvalue weighted by Crippen LogP contribution is 2.53. The van der Waals surface area contributed by atoms with Crippen molar-refractivity contribution in [3.05, 3.63) is 53.9 Å². The van der Waals surface area contributed by atoms with Crippen LogP contribution >= 0.6 is 0 Å². The molecule has 2 fully saturated rings. The maximum Gasteiger partial charge on any atom is 0.274 e. The van der Waals surface area contributed by atoms with E-state index in [1.807, 2.05) is 6.07 Å². The van der Waals surface area contributed by atoms with Crippen molar-refractivity contribution in [1.82, 2.24) is 10.3 Å². The predicted molar refractivity (Wildman–Crippen MR) is 93.7 cm³/mol. The maximum atomic E-state index is 12.5. The molecule has 25 heavy (non-hydrogen) atoms. The van der Waals surface area contributed by atoms with Crippen LogP contribution in [0.4, 0.5) is 0 Å². The van der Waals surface area contributed by atoms with Crippen LogP contribution in [0.5, 0.6) is 11.5 Å². The number of carbonyl (C=O) groups is 1. The zero-order valence-corrected chi connectivity index (χ0v) is 14.2. The second-order valence-electron chi connectivity index (χ2n) is 7.03. The van der Waals surface area contributed by atoms with E-state index < -0.39 is 0 Å². The number of amides is 1. The predicted octanol–water partition coefficient (Wildman–Crippen LogP) is 3.11. The molecule has 4 unspecified atom stereocenters. The maximum absolute atomic E-state index is 12.5. The molecule has 2 aliphatic carbocycles. The summed E-state index contributed by atoms with van der Waals surface area (Å²) in [5, 5.41) is 13.2. The number of benzene rings is 1. The Labute approximate surface area is 147 Å². The van der Waals surface area contributed by atoms with Crippen molar-refractivity contribution in [2.75, 3.05) is 7.11 Å². The minimum absolute atomic E-state index is 0.0294. The van der Waals surface area contributed by atoms with Crippen LogP contribution in [0.2, 0.25) is 0 Å². The van der Waals surface area contributed by atoms with Gasteiger partial charge >= 0.3 is 0 Å². The molecule has 0 saturated heterocycles. The zero-order valence-electron chi connectivity index (χ0n) is 14.2. The van der Waals surface area contributed by atoms with Gasteiger partial charge in [0, 0.05) is 18.3 Å². The standard InChI is InChI=1S/C20H22N2O3/c1-25-17-7-8-21-18(19(17)23)20(24)22-16-11-13-9-14(16)10-15(13)12-5-3-2-4-6-12/h2-8,13-16,23H,9-11H2,1H3,(H,22,24). The Bertz CT molecular complexity index is 778. The second kappa shape index (κ2) is 6.39. The summed E-state index contributed by atoms with van der Waals surface area (Å²) in [6.45, 7) is 0. The number of aromatic hydroxyl groups is 1. The molecule has 0 aliphatic heterocycles. The van der Waals surface area contributed by atoms with Gasteiger partial charge in [-0.25, -0.2) is 4.98 Å². The van der Waals surface area contributed by atoms with Gasteiger partial charge in [0.1, 0.15) is 0 Å². The Balaban J connectivity index is 1.44. The molecule has 4 atom stereocenters. The lowest BCUT2D eigenvalue weighted by Gasteiger charge is -2.29. The van der Waals surface area contributed by atoms with E-state index in [9.17, 15) is 9.90 Å². The fourth-order valence-electron chi connectivity index (χ4n) is 4.56. The Hall–Kier alpha value is -2.56. The van der Waals surface area contributed by atoms with Crippen LogP contribution in [-0.2, 0) is 0 Å². The van der Waals surface area contributed by atoms with Crippen molar-refractivity contribution >= 4 is 5.91 Å². The molecule has 5 heteroatoms. The van der Waals surface area contributed by atoms with Gasteiger partial charge in [-0.3, -0.25) is 4.79 Å². The summed E-state index contributed by atoms with van der Waals surface area (Å²) in [6, 6.07) is 12.3. The number of hydrogen-bond acceptors (Lipinski definition) is 4. The molecule has 1 amide bonds. The highest BCUT2D eigenvalue weighted by atomic mass is 16.5. The number of aromatic nitrogens is 1. The quantitative estimate of drug-likeness (QED) is 0.898. The second-order valence-corrected chi connectivity index (χ2v) is 7.03. The first-order valence-corrected chi connectivity index (χ1v) is 8.75. The first-order valence-electron chi connectivity index (χ1n) is 8.75. The van der Waals surface area contributed by atoms with Crippen molar-refractivity contribution < 1.29 is 14.6 Å². The number of hydrogen-bond donors (Lipinski definition) is 2. The van der Waals surface area contributed by atoms with Crippen molar-refractivity contribution in [1.29, 1.82) is 0 Å². The lowest BCUT2D eigenvalue weighted by Crippen LogP contribution is -2.39.